The molecule has 0 spiro atoms. The van der Waals surface area contributed by atoms with Gasteiger partial charge in [0.1, 0.15) is 17.2 Å². The molecular formula is C21H17F3N2O5S. The minimum absolute atomic E-state index is 0.0609. The van der Waals surface area contributed by atoms with Crippen molar-refractivity contribution >= 4 is 17.5 Å². The zero-order chi connectivity index (χ0) is 23.3. The van der Waals surface area contributed by atoms with Crippen LogP contribution in [0.25, 0.3) is 0 Å². The van der Waals surface area contributed by atoms with E-state index in [-0.39, 0.29) is 23.8 Å². The normalized spacial score (nSPS) is 11.2. The number of carbonyl (C=O) groups excluding carboxylic acids is 1. The highest BCUT2D eigenvalue weighted by Crippen LogP contribution is 2.28. The number of rotatable bonds is 8. The number of nitrogens with zero attached hydrogens (tertiary/aromatic N) is 2. The van der Waals surface area contributed by atoms with E-state index in [0.717, 1.165) is 21.6 Å². The van der Waals surface area contributed by atoms with Gasteiger partial charge in [0.2, 0.25) is 0 Å². The standard InChI is InChI=1S/C21H17F3N2O5S/c1-25-11-10-19(28)26(20(25)29)12-14(27)13-32-18-8-6-16(7-9-18)30-15-2-4-17(5-3-15)31-21(22,23)24/h2-11H,12-13H2,1H3. The van der Waals surface area contributed by atoms with Gasteiger partial charge < -0.3 is 14.0 Å². The van der Waals surface area contributed by atoms with Gasteiger partial charge in [0.15, 0.2) is 5.78 Å². The van der Waals surface area contributed by atoms with Crippen molar-refractivity contribution in [1.29, 1.82) is 0 Å². The monoisotopic (exact) mass is 466 g/mol. The molecule has 0 radical (unpaired) electrons. The fraction of sp³-hybridized carbons (Fsp3) is 0.190. The summed E-state index contributed by atoms with van der Waals surface area (Å²) in [5.41, 5.74) is -1.10. The maximum atomic E-state index is 12.2. The Kier molecular flexibility index (Phi) is 7.08. The summed E-state index contributed by atoms with van der Waals surface area (Å²) < 4.78 is 48.1. The molecule has 2 aromatic carbocycles. The number of ketones is 1. The van der Waals surface area contributed by atoms with Crippen LogP contribution in [0, 0.1) is 0 Å². The SMILES string of the molecule is Cn1ccc(=O)n(CC(=O)CSc2ccc(Oc3ccc(OC(F)(F)F)cc3)cc2)c1=O. The summed E-state index contributed by atoms with van der Waals surface area (Å²) in [6.07, 6.45) is -3.42. The molecule has 0 amide bonds. The molecule has 0 saturated carbocycles. The van der Waals surface area contributed by atoms with Crippen molar-refractivity contribution < 1.29 is 27.4 Å². The second-order valence-electron chi connectivity index (χ2n) is 6.55. The Hall–Kier alpha value is -3.47. The van der Waals surface area contributed by atoms with E-state index in [9.17, 15) is 27.6 Å². The highest BCUT2D eigenvalue weighted by atomic mass is 32.2. The first-order chi connectivity index (χ1) is 15.1. The van der Waals surface area contributed by atoms with Crippen LogP contribution < -0.4 is 20.7 Å². The number of Topliss-reactive ketones (excluding diaryl/α,β-unsaturated/α-hetero) is 1. The van der Waals surface area contributed by atoms with Gasteiger partial charge in [0.05, 0.1) is 12.3 Å². The predicted molar refractivity (Wildman–Crippen MR) is 111 cm³/mol. The third-order valence-electron chi connectivity index (χ3n) is 4.09. The Morgan fingerprint density at radius 3 is 2.09 bits per heavy atom. The van der Waals surface area contributed by atoms with Gasteiger partial charge in [0, 0.05) is 24.2 Å². The van der Waals surface area contributed by atoms with Gasteiger partial charge in [-0.2, -0.15) is 0 Å². The molecule has 0 saturated heterocycles. The summed E-state index contributed by atoms with van der Waals surface area (Å²) in [6, 6.07) is 12.9. The van der Waals surface area contributed by atoms with Crippen LogP contribution in [-0.4, -0.2) is 27.0 Å². The van der Waals surface area contributed by atoms with Crippen LogP contribution in [0.1, 0.15) is 0 Å². The Balaban J connectivity index is 1.54. The minimum Gasteiger partial charge on any atom is -0.457 e. The number of halogens is 3. The van der Waals surface area contributed by atoms with Gasteiger partial charge in [-0.1, -0.05) is 0 Å². The van der Waals surface area contributed by atoms with E-state index in [0.29, 0.717) is 11.5 Å². The fourth-order valence-electron chi connectivity index (χ4n) is 2.59. The van der Waals surface area contributed by atoms with Crippen LogP contribution in [0.15, 0.2) is 75.3 Å². The van der Waals surface area contributed by atoms with Gasteiger partial charge in [-0.3, -0.25) is 14.2 Å². The molecule has 3 rings (SSSR count). The molecule has 0 atom stereocenters. The van der Waals surface area contributed by atoms with Crippen LogP contribution >= 0.6 is 11.8 Å². The first-order valence-corrected chi connectivity index (χ1v) is 10.1. The van der Waals surface area contributed by atoms with E-state index in [1.165, 1.54) is 47.8 Å². The molecule has 0 aliphatic carbocycles. The Morgan fingerprint density at radius 2 is 1.50 bits per heavy atom. The Morgan fingerprint density at radius 1 is 0.938 bits per heavy atom. The average Bonchev–Trinajstić information content (AvgIpc) is 2.74. The van der Waals surface area contributed by atoms with Crippen molar-refractivity contribution in [1.82, 2.24) is 9.13 Å². The number of aryl methyl sites for hydroxylation is 1. The van der Waals surface area contributed by atoms with Crippen LogP contribution in [0.4, 0.5) is 13.2 Å². The summed E-state index contributed by atoms with van der Waals surface area (Å²) in [6.45, 7) is -0.311. The topological polar surface area (TPSA) is 79.5 Å². The number of hydrogen-bond acceptors (Lipinski definition) is 6. The molecule has 168 valence electrons. The molecule has 0 fully saturated rings. The van der Waals surface area contributed by atoms with Gasteiger partial charge in [-0.05, 0) is 48.5 Å². The lowest BCUT2D eigenvalue weighted by molar-refractivity contribution is -0.274. The number of hydrogen-bond donors (Lipinski definition) is 0. The fourth-order valence-corrected chi connectivity index (χ4v) is 3.34. The van der Waals surface area contributed by atoms with Crippen LogP contribution in [0.5, 0.6) is 17.2 Å². The second kappa shape index (κ2) is 9.77. The molecule has 0 N–H and O–H groups in total. The van der Waals surface area contributed by atoms with E-state index in [2.05, 4.69) is 4.74 Å². The van der Waals surface area contributed by atoms with Crippen molar-refractivity contribution in [3.63, 3.8) is 0 Å². The van der Waals surface area contributed by atoms with E-state index < -0.39 is 17.6 Å². The molecule has 0 unspecified atom stereocenters. The van der Waals surface area contributed by atoms with E-state index in [4.69, 9.17) is 4.74 Å². The number of carbonyl (C=O) groups is 1. The van der Waals surface area contributed by atoms with Crippen LogP contribution in [-0.2, 0) is 18.4 Å². The molecule has 0 aliphatic rings. The maximum absolute atomic E-state index is 12.2. The molecule has 7 nitrogen and oxygen atoms in total. The number of aromatic nitrogens is 2. The second-order valence-corrected chi connectivity index (χ2v) is 7.60. The molecule has 32 heavy (non-hydrogen) atoms. The summed E-state index contributed by atoms with van der Waals surface area (Å²) in [5, 5.41) is 0. The average molecular weight is 466 g/mol. The lowest BCUT2D eigenvalue weighted by atomic mass is 10.3. The zero-order valence-corrected chi connectivity index (χ0v) is 17.5. The summed E-state index contributed by atoms with van der Waals surface area (Å²) in [5.74, 6) is 0.194. The molecule has 1 aromatic heterocycles. The Bertz CT molecular complexity index is 1200. The zero-order valence-electron chi connectivity index (χ0n) is 16.7. The van der Waals surface area contributed by atoms with Gasteiger partial charge in [-0.25, -0.2) is 4.79 Å². The first-order valence-electron chi connectivity index (χ1n) is 9.15. The van der Waals surface area contributed by atoms with Gasteiger partial charge >= 0.3 is 12.1 Å². The van der Waals surface area contributed by atoms with E-state index >= 15 is 0 Å². The van der Waals surface area contributed by atoms with Crippen LogP contribution in [0.2, 0.25) is 0 Å². The minimum atomic E-state index is -4.76. The number of benzene rings is 2. The predicted octanol–water partition coefficient (Wildman–Crippen LogP) is 3.60. The number of alkyl halides is 3. The molecule has 0 aliphatic heterocycles. The third-order valence-corrected chi connectivity index (χ3v) is 5.16. The molecule has 3 aromatic rings. The maximum Gasteiger partial charge on any atom is 0.573 e. The highest BCUT2D eigenvalue weighted by molar-refractivity contribution is 8.00. The van der Waals surface area contributed by atoms with Crippen LogP contribution in [0.3, 0.4) is 0 Å². The van der Waals surface area contributed by atoms with Crippen molar-refractivity contribution in [2.45, 2.75) is 17.8 Å². The summed E-state index contributed by atoms with van der Waals surface area (Å²) >= 11 is 1.23. The summed E-state index contributed by atoms with van der Waals surface area (Å²) in [4.78, 5) is 36.7. The first kappa shape index (κ1) is 23.2. The van der Waals surface area contributed by atoms with E-state index in [1.807, 2.05) is 0 Å². The Labute approximate surface area is 184 Å². The number of ether oxygens (including phenoxy) is 2. The molecule has 11 heteroatoms. The van der Waals surface area contributed by atoms with Gasteiger partial charge in [0.25, 0.3) is 5.56 Å². The van der Waals surface area contributed by atoms with Gasteiger partial charge in [-0.15, -0.1) is 24.9 Å². The lowest BCUT2D eigenvalue weighted by Gasteiger charge is -2.10. The summed E-state index contributed by atoms with van der Waals surface area (Å²) in [7, 11) is 1.49. The smallest absolute Gasteiger partial charge is 0.457 e. The largest absolute Gasteiger partial charge is 0.573 e. The lowest BCUT2D eigenvalue weighted by Crippen LogP contribution is -2.40. The van der Waals surface area contributed by atoms with Crippen molar-refractivity contribution in [3.05, 3.63) is 81.6 Å². The highest BCUT2D eigenvalue weighted by Gasteiger charge is 2.31. The molecule has 0 bridgehead atoms. The van der Waals surface area contributed by atoms with E-state index in [1.54, 1.807) is 24.3 Å². The van der Waals surface area contributed by atoms with Crippen molar-refractivity contribution in [2.24, 2.45) is 7.05 Å². The van der Waals surface area contributed by atoms with Crippen molar-refractivity contribution in [2.75, 3.05) is 5.75 Å². The molecular weight excluding hydrogens is 449 g/mol. The third kappa shape index (κ3) is 6.51. The quantitative estimate of drug-likeness (QED) is 0.472. The van der Waals surface area contributed by atoms with Crippen molar-refractivity contribution in [3.8, 4) is 17.2 Å². The molecule has 1 heterocycles. The number of thioether (sulfide) groups is 1.